The van der Waals surface area contributed by atoms with Crippen molar-refractivity contribution in [1.29, 1.82) is 0 Å². The minimum absolute atomic E-state index is 0.284. The summed E-state index contributed by atoms with van der Waals surface area (Å²) in [6.07, 6.45) is 0. The van der Waals surface area contributed by atoms with Crippen LogP contribution in [0, 0.1) is 0 Å². The van der Waals surface area contributed by atoms with Crippen LogP contribution in [0.2, 0.25) is 0 Å². The van der Waals surface area contributed by atoms with Gasteiger partial charge in [0.2, 0.25) is 0 Å². The molecule has 0 fully saturated rings. The quantitative estimate of drug-likeness (QED) is 0.525. The SMILES string of the molecule is Nc1n[nH]c(C(=O)NCc2ccc3nonc3c2)c1-c1ccccc1. The minimum Gasteiger partial charge on any atom is -0.382 e. The van der Waals surface area contributed by atoms with Gasteiger partial charge in [-0.25, -0.2) is 4.63 Å². The first kappa shape index (κ1) is 14.9. The van der Waals surface area contributed by atoms with Crippen LogP contribution >= 0.6 is 0 Å². The number of nitrogens with zero attached hydrogens (tertiary/aromatic N) is 3. The number of nitrogens with two attached hydrogens (primary N) is 1. The molecule has 0 aliphatic rings. The van der Waals surface area contributed by atoms with Gasteiger partial charge >= 0.3 is 0 Å². The molecule has 0 radical (unpaired) electrons. The zero-order chi connectivity index (χ0) is 17.2. The topological polar surface area (TPSA) is 123 Å². The van der Waals surface area contributed by atoms with Crippen molar-refractivity contribution in [3.8, 4) is 11.1 Å². The van der Waals surface area contributed by atoms with Crippen LogP contribution in [-0.2, 0) is 6.54 Å². The number of amides is 1. The Kier molecular flexibility index (Phi) is 3.62. The molecule has 0 saturated carbocycles. The lowest BCUT2D eigenvalue weighted by Gasteiger charge is -2.06. The molecule has 0 saturated heterocycles. The number of nitrogen functional groups attached to an aromatic ring is 1. The van der Waals surface area contributed by atoms with E-state index < -0.39 is 0 Å². The molecule has 124 valence electrons. The second-order valence-electron chi connectivity index (χ2n) is 5.49. The van der Waals surface area contributed by atoms with Gasteiger partial charge in [0, 0.05) is 6.54 Å². The predicted octanol–water partition coefficient (Wildman–Crippen LogP) is 2.13. The van der Waals surface area contributed by atoms with Gasteiger partial charge in [-0.05, 0) is 33.6 Å². The maximum absolute atomic E-state index is 12.6. The zero-order valence-electron chi connectivity index (χ0n) is 13.1. The van der Waals surface area contributed by atoms with Crippen molar-refractivity contribution in [2.45, 2.75) is 6.54 Å². The molecule has 4 N–H and O–H groups in total. The monoisotopic (exact) mass is 334 g/mol. The first-order chi connectivity index (χ1) is 12.2. The van der Waals surface area contributed by atoms with Crippen molar-refractivity contribution < 1.29 is 9.42 Å². The van der Waals surface area contributed by atoms with E-state index in [9.17, 15) is 4.79 Å². The fourth-order valence-electron chi connectivity index (χ4n) is 2.63. The van der Waals surface area contributed by atoms with Crippen molar-refractivity contribution in [3.63, 3.8) is 0 Å². The number of nitrogens with one attached hydrogen (secondary N) is 2. The smallest absolute Gasteiger partial charge is 0.270 e. The molecule has 0 atom stereocenters. The highest BCUT2D eigenvalue weighted by molar-refractivity contribution is 6.01. The molecule has 2 aromatic carbocycles. The molecule has 8 nitrogen and oxygen atoms in total. The lowest BCUT2D eigenvalue weighted by atomic mass is 10.1. The van der Waals surface area contributed by atoms with Gasteiger partial charge in [-0.1, -0.05) is 36.4 Å². The summed E-state index contributed by atoms with van der Waals surface area (Å²) in [5.74, 6) is -0.00660. The number of aromatic nitrogens is 4. The summed E-state index contributed by atoms with van der Waals surface area (Å²) in [5.41, 5.74) is 9.86. The second kappa shape index (κ2) is 6.08. The number of anilines is 1. The van der Waals surface area contributed by atoms with Crippen LogP contribution in [0.15, 0.2) is 53.2 Å². The van der Waals surface area contributed by atoms with Gasteiger partial charge in [0.15, 0.2) is 5.82 Å². The number of carbonyl (C=O) groups is 1. The van der Waals surface area contributed by atoms with E-state index in [4.69, 9.17) is 5.73 Å². The average Bonchev–Trinajstić information content (AvgIpc) is 3.26. The van der Waals surface area contributed by atoms with Crippen molar-refractivity contribution in [2.75, 3.05) is 5.73 Å². The maximum Gasteiger partial charge on any atom is 0.270 e. The third kappa shape index (κ3) is 2.80. The van der Waals surface area contributed by atoms with Crippen molar-refractivity contribution in [2.24, 2.45) is 0 Å². The molecule has 8 heteroatoms. The minimum atomic E-state index is -0.290. The molecule has 0 aliphatic heterocycles. The summed E-state index contributed by atoms with van der Waals surface area (Å²) in [6.45, 7) is 0.328. The molecule has 4 rings (SSSR count). The van der Waals surface area contributed by atoms with Gasteiger partial charge in [-0.15, -0.1) is 0 Å². The summed E-state index contributed by atoms with van der Waals surface area (Å²) in [6, 6.07) is 14.9. The van der Waals surface area contributed by atoms with E-state index in [0.29, 0.717) is 28.8 Å². The van der Waals surface area contributed by atoms with Gasteiger partial charge in [0.25, 0.3) is 5.91 Å². The van der Waals surface area contributed by atoms with E-state index in [-0.39, 0.29) is 11.7 Å². The van der Waals surface area contributed by atoms with Crippen LogP contribution < -0.4 is 11.1 Å². The summed E-state index contributed by atoms with van der Waals surface area (Å²) in [4.78, 5) is 12.6. The number of aromatic amines is 1. The fourth-order valence-corrected chi connectivity index (χ4v) is 2.63. The first-order valence-corrected chi connectivity index (χ1v) is 7.61. The molecule has 0 spiro atoms. The molecule has 0 aliphatic carbocycles. The zero-order valence-corrected chi connectivity index (χ0v) is 13.1. The van der Waals surface area contributed by atoms with Gasteiger partial charge < -0.3 is 11.1 Å². The third-order valence-corrected chi connectivity index (χ3v) is 3.86. The summed E-state index contributed by atoms with van der Waals surface area (Å²) in [5, 5.41) is 17.1. The van der Waals surface area contributed by atoms with E-state index in [0.717, 1.165) is 11.1 Å². The Hall–Kier alpha value is -3.68. The van der Waals surface area contributed by atoms with Crippen LogP contribution in [0.3, 0.4) is 0 Å². The fraction of sp³-hybridized carbons (Fsp3) is 0.0588. The number of carbonyl (C=O) groups excluding carboxylic acids is 1. The Balaban J connectivity index is 1.55. The highest BCUT2D eigenvalue weighted by Gasteiger charge is 2.19. The van der Waals surface area contributed by atoms with Gasteiger partial charge in [0.05, 0.1) is 5.56 Å². The Bertz CT molecular complexity index is 1040. The van der Waals surface area contributed by atoms with Crippen LogP contribution in [0.25, 0.3) is 22.2 Å². The molecule has 4 aromatic rings. The number of hydrogen-bond acceptors (Lipinski definition) is 6. The van der Waals surface area contributed by atoms with E-state index >= 15 is 0 Å². The number of benzene rings is 2. The summed E-state index contributed by atoms with van der Waals surface area (Å²) in [7, 11) is 0. The molecular weight excluding hydrogens is 320 g/mol. The molecule has 0 bridgehead atoms. The van der Waals surface area contributed by atoms with Gasteiger partial charge in [-0.3, -0.25) is 9.89 Å². The largest absolute Gasteiger partial charge is 0.382 e. The molecule has 1 amide bonds. The highest BCUT2D eigenvalue weighted by atomic mass is 16.6. The van der Waals surface area contributed by atoms with Crippen LogP contribution in [0.5, 0.6) is 0 Å². The number of fused-ring (bicyclic) bond motifs is 1. The van der Waals surface area contributed by atoms with E-state index in [2.05, 4.69) is 30.5 Å². The Labute approximate surface area is 142 Å². The normalized spacial score (nSPS) is 10.9. The molecule has 2 aromatic heterocycles. The van der Waals surface area contributed by atoms with Crippen LogP contribution in [0.1, 0.15) is 16.1 Å². The molecular formula is C17H14N6O2. The van der Waals surface area contributed by atoms with Crippen LogP contribution in [-0.4, -0.2) is 26.4 Å². The molecule has 2 heterocycles. The van der Waals surface area contributed by atoms with Crippen molar-refractivity contribution >= 4 is 22.8 Å². The predicted molar refractivity (Wildman–Crippen MR) is 91.4 cm³/mol. The lowest BCUT2D eigenvalue weighted by molar-refractivity contribution is 0.0946. The Morgan fingerprint density at radius 2 is 1.92 bits per heavy atom. The maximum atomic E-state index is 12.6. The third-order valence-electron chi connectivity index (χ3n) is 3.86. The Morgan fingerprint density at radius 1 is 1.12 bits per heavy atom. The standard InChI is InChI=1S/C17H14N6O2/c18-16-14(11-4-2-1-3-5-11)15(20-21-16)17(24)19-9-10-6-7-12-13(8-10)23-25-22-12/h1-8H,9H2,(H,19,24)(H3,18,20,21). The van der Waals surface area contributed by atoms with Crippen molar-refractivity contribution in [1.82, 2.24) is 25.8 Å². The number of H-pyrrole nitrogens is 1. The molecule has 0 unspecified atom stereocenters. The van der Waals surface area contributed by atoms with E-state index in [1.165, 1.54) is 0 Å². The first-order valence-electron chi connectivity index (χ1n) is 7.61. The number of rotatable bonds is 4. The average molecular weight is 334 g/mol. The van der Waals surface area contributed by atoms with Crippen molar-refractivity contribution in [3.05, 3.63) is 59.8 Å². The highest BCUT2D eigenvalue weighted by Crippen LogP contribution is 2.27. The number of hydrogen-bond donors (Lipinski definition) is 3. The van der Waals surface area contributed by atoms with Crippen LogP contribution in [0.4, 0.5) is 5.82 Å². The van der Waals surface area contributed by atoms with Gasteiger partial charge in [0.1, 0.15) is 16.7 Å². The van der Waals surface area contributed by atoms with E-state index in [1.54, 1.807) is 6.07 Å². The van der Waals surface area contributed by atoms with E-state index in [1.807, 2.05) is 42.5 Å². The molecule has 25 heavy (non-hydrogen) atoms. The Morgan fingerprint density at radius 3 is 2.76 bits per heavy atom. The van der Waals surface area contributed by atoms with Gasteiger partial charge in [-0.2, -0.15) is 5.10 Å². The summed E-state index contributed by atoms with van der Waals surface area (Å²) < 4.78 is 4.67. The lowest BCUT2D eigenvalue weighted by Crippen LogP contribution is -2.23. The second-order valence-corrected chi connectivity index (χ2v) is 5.49. The summed E-state index contributed by atoms with van der Waals surface area (Å²) >= 11 is 0.